The fourth-order valence-corrected chi connectivity index (χ4v) is 2.19. The minimum Gasteiger partial charge on any atom is -0.438 e. The zero-order chi connectivity index (χ0) is 15.4. The molecule has 0 bridgehead atoms. The molecule has 22 heavy (non-hydrogen) atoms. The van der Waals surface area contributed by atoms with Crippen LogP contribution in [0, 0.1) is 6.92 Å². The van der Waals surface area contributed by atoms with Crippen LogP contribution in [0.2, 0.25) is 0 Å². The number of benzene rings is 1. The smallest absolute Gasteiger partial charge is 0.233 e. The Labute approximate surface area is 137 Å². The molecule has 0 saturated carbocycles. The fraction of sp³-hybridized carbons (Fsp3) is 0.0588. The second kappa shape index (κ2) is 6.58. The van der Waals surface area contributed by atoms with Crippen LogP contribution in [-0.2, 0) is 0 Å². The van der Waals surface area contributed by atoms with E-state index in [-0.39, 0.29) is 0 Å². The van der Waals surface area contributed by atoms with Gasteiger partial charge in [-0.1, -0.05) is 6.07 Å². The lowest BCUT2D eigenvalue weighted by Gasteiger charge is -2.08. The first-order chi connectivity index (χ1) is 10.7. The maximum absolute atomic E-state index is 5.73. The molecular weight excluding hydrogens is 342 g/mol. The predicted molar refractivity (Wildman–Crippen MR) is 90.7 cm³/mol. The van der Waals surface area contributed by atoms with Gasteiger partial charge in [0.25, 0.3) is 0 Å². The lowest BCUT2D eigenvalue weighted by atomic mass is 10.3. The van der Waals surface area contributed by atoms with Gasteiger partial charge in [0.1, 0.15) is 11.6 Å². The van der Waals surface area contributed by atoms with Crippen molar-refractivity contribution in [3.05, 3.63) is 71.0 Å². The predicted octanol–water partition coefficient (Wildman–Crippen LogP) is 5.08. The number of aromatic nitrogens is 2. The molecule has 0 aliphatic heterocycles. The number of hydrogen-bond donors (Lipinski definition) is 1. The van der Waals surface area contributed by atoms with E-state index in [1.165, 1.54) is 0 Å². The summed E-state index contributed by atoms with van der Waals surface area (Å²) < 4.78 is 6.55. The van der Waals surface area contributed by atoms with Crippen molar-refractivity contribution < 1.29 is 4.74 Å². The largest absolute Gasteiger partial charge is 0.438 e. The molecule has 0 atom stereocenters. The van der Waals surface area contributed by atoms with Gasteiger partial charge >= 0.3 is 0 Å². The zero-order valence-corrected chi connectivity index (χ0v) is 13.5. The van der Waals surface area contributed by atoms with Gasteiger partial charge < -0.3 is 10.1 Å². The molecule has 0 amide bonds. The molecule has 1 N–H and O–H groups in total. The van der Waals surface area contributed by atoms with E-state index < -0.39 is 0 Å². The summed E-state index contributed by atoms with van der Waals surface area (Å²) >= 11 is 3.41. The fourth-order valence-electron chi connectivity index (χ4n) is 1.85. The van der Waals surface area contributed by atoms with Crippen molar-refractivity contribution in [2.45, 2.75) is 6.92 Å². The minimum atomic E-state index is 0.545. The van der Waals surface area contributed by atoms with Crippen molar-refractivity contribution in [3.63, 3.8) is 0 Å². The van der Waals surface area contributed by atoms with Crippen LogP contribution in [0.1, 0.15) is 5.56 Å². The van der Waals surface area contributed by atoms with E-state index in [9.17, 15) is 0 Å². The molecule has 110 valence electrons. The number of nitrogens with one attached hydrogen (secondary N) is 1. The molecule has 4 nitrogen and oxygen atoms in total. The first-order valence-electron chi connectivity index (χ1n) is 6.79. The molecule has 1 aromatic carbocycles. The van der Waals surface area contributed by atoms with Crippen LogP contribution >= 0.6 is 15.9 Å². The van der Waals surface area contributed by atoms with Crippen LogP contribution < -0.4 is 10.1 Å². The van der Waals surface area contributed by atoms with Crippen molar-refractivity contribution in [3.8, 4) is 11.6 Å². The minimum absolute atomic E-state index is 0.545. The summed E-state index contributed by atoms with van der Waals surface area (Å²) in [7, 11) is 0. The van der Waals surface area contributed by atoms with Crippen molar-refractivity contribution in [2.75, 3.05) is 5.32 Å². The SMILES string of the molecule is Cc1ccc(Nc2ccc(Oc3ncccc3Br)cc2)nc1. The summed E-state index contributed by atoms with van der Waals surface area (Å²) in [6, 6.07) is 15.4. The molecule has 0 fully saturated rings. The molecule has 0 aliphatic carbocycles. The summed E-state index contributed by atoms with van der Waals surface area (Å²) in [4.78, 5) is 8.49. The highest BCUT2D eigenvalue weighted by molar-refractivity contribution is 9.10. The number of rotatable bonds is 4. The average molecular weight is 356 g/mol. The van der Waals surface area contributed by atoms with Gasteiger partial charge in [-0.15, -0.1) is 0 Å². The third kappa shape index (κ3) is 3.62. The van der Waals surface area contributed by atoms with Gasteiger partial charge in [-0.05, 0) is 70.9 Å². The van der Waals surface area contributed by atoms with Gasteiger partial charge in [0.2, 0.25) is 5.88 Å². The second-order valence-corrected chi connectivity index (χ2v) is 5.62. The van der Waals surface area contributed by atoms with Gasteiger partial charge in [0.15, 0.2) is 0 Å². The normalized spacial score (nSPS) is 10.3. The van der Waals surface area contributed by atoms with Crippen LogP contribution in [0.25, 0.3) is 0 Å². The standard InChI is InChI=1S/C17H14BrN3O/c1-12-4-9-16(20-11-12)21-13-5-7-14(8-6-13)22-17-15(18)3-2-10-19-17/h2-11H,1H3,(H,20,21). The van der Waals surface area contributed by atoms with Crippen molar-refractivity contribution in [2.24, 2.45) is 0 Å². The van der Waals surface area contributed by atoms with Crippen LogP contribution in [0.3, 0.4) is 0 Å². The van der Waals surface area contributed by atoms with Crippen molar-refractivity contribution in [1.29, 1.82) is 0 Å². The molecule has 3 rings (SSSR count). The summed E-state index contributed by atoms with van der Waals surface area (Å²) in [5, 5.41) is 3.24. The van der Waals surface area contributed by atoms with Gasteiger partial charge in [-0.3, -0.25) is 0 Å². The quantitative estimate of drug-likeness (QED) is 0.708. The number of halogens is 1. The summed E-state index contributed by atoms with van der Waals surface area (Å²) in [5.74, 6) is 2.08. The molecule has 0 saturated heterocycles. The molecule has 0 unspecified atom stereocenters. The molecule has 2 heterocycles. The van der Waals surface area contributed by atoms with Crippen molar-refractivity contribution in [1.82, 2.24) is 9.97 Å². The second-order valence-electron chi connectivity index (χ2n) is 4.76. The molecular formula is C17H14BrN3O. The average Bonchev–Trinajstić information content (AvgIpc) is 2.54. The van der Waals surface area contributed by atoms with Crippen molar-refractivity contribution >= 4 is 27.4 Å². The number of anilines is 2. The van der Waals surface area contributed by atoms with E-state index in [1.807, 2.05) is 61.7 Å². The van der Waals surface area contributed by atoms with E-state index in [4.69, 9.17) is 4.74 Å². The Morgan fingerprint density at radius 3 is 2.50 bits per heavy atom. The molecule has 0 radical (unpaired) electrons. The zero-order valence-electron chi connectivity index (χ0n) is 12.0. The Morgan fingerprint density at radius 2 is 1.82 bits per heavy atom. The third-order valence-electron chi connectivity index (χ3n) is 2.98. The topological polar surface area (TPSA) is 47.0 Å². The van der Waals surface area contributed by atoms with E-state index in [2.05, 4.69) is 31.2 Å². The lowest BCUT2D eigenvalue weighted by Crippen LogP contribution is -1.93. The van der Waals surface area contributed by atoms with Gasteiger partial charge in [0.05, 0.1) is 4.47 Å². The molecule has 3 aromatic rings. The van der Waals surface area contributed by atoms with Crippen LogP contribution in [0.15, 0.2) is 65.4 Å². The van der Waals surface area contributed by atoms with Gasteiger partial charge in [-0.2, -0.15) is 0 Å². The van der Waals surface area contributed by atoms with E-state index in [1.54, 1.807) is 6.20 Å². The molecule has 5 heteroatoms. The Kier molecular flexibility index (Phi) is 4.34. The monoisotopic (exact) mass is 355 g/mol. The van der Waals surface area contributed by atoms with Crippen LogP contribution in [-0.4, -0.2) is 9.97 Å². The molecule has 2 aromatic heterocycles. The van der Waals surface area contributed by atoms with Crippen LogP contribution in [0.4, 0.5) is 11.5 Å². The highest BCUT2D eigenvalue weighted by atomic mass is 79.9. The lowest BCUT2D eigenvalue weighted by molar-refractivity contribution is 0.460. The molecule has 0 spiro atoms. The highest BCUT2D eigenvalue weighted by Crippen LogP contribution is 2.28. The number of aryl methyl sites for hydroxylation is 1. The summed E-state index contributed by atoms with van der Waals surface area (Å²) in [6.45, 7) is 2.01. The number of ether oxygens (including phenoxy) is 1. The molecule has 0 aliphatic rings. The van der Waals surface area contributed by atoms with E-state index in [0.717, 1.165) is 27.3 Å². The maximum atomic E-state index is 5.73. The number of nitrogens with zero attached hydrogens (tertiary/aromatic N) is 2. The third-order valence-corrected chi connectivity index (χ3v) is 3.58. The Balaban J connectivity index is 1.70. The van der Waals surface area contributed by atoms with Gasteiger partial charge in [-0.25, -0.2) is 9.97 Å². The Hall–Kier alpha value is -2.40. The number of hydrogen-bond acceptors (Lipinski definition) is 4. The summed E-state index contributed by atoms with van der Waals surface area (Å²) in [6.07, 6.45) is 3.53. The Morgan fingerprint density at radius 1 is 1.00 bits per heavy atom. The maximum Gasteiger partial charge on any atom is 0.233 e. The van der Waals surface area contributed by atoms with E-state index >= 15 is 0 Å². The Bertz CT molecular complexity index is 758. The first-order valence-corrected chi connectivity index (χ1v) is 7.58. The van der Waals surface area contributed by atoms with E-state index in [0.29, 0.717) is 5.88 Å². The summed E-state index contributed by atoms with van der Waals surface area (Å²) in [5.41, 5.74) is 2.08. The van der Waals surface area contributed by atoms with Gasteiger partial charge in [0, 0.05) is 18.1 Å². The highest BCUT2D eigenvalue weighted by Gasteiger charge is 2.03. The van der Waals surface area contributed by atoms with Crippen LogP contribution in [0.5, 0.6) is 11.6 Å². The number of pyridine rings is 2. The first kappa shape index (κ1) is 14.5.